The first-order valence-electron chi connectivity index (χ1n) is 10.7. The molecule has 0 spiro atoms. The Bertz CT molecular complexity index is 1120. The van der Waals surface area contributed by atoms with E-state index in [1.807, 2.05) is 17.2 Å². The van der Waals surface area contributed by atoms with Gasteiger partial charge in [0.1, 0.15) is 41.6 Å². The molecule has 10 nitrogen and oxygen atoms in total. The van der Waals surface area contributed by atoms with Crippen molar-refractivity contribution in [1.82, 2.24) is 35.0 Å². The summed E-state index contributed by atoms with van der Waals surface area (Å²) in [6.07, 6.45) is 5.52. The van der Waals surface area contributed by atoms with Gasteiger partial charge >= 0.3 is 0 Å². The van der Waals surface area contributed by atoms with Crippen molar-refractivity contribution < 1.29 is 9.53 Å². The van der Waals surface area contributed by atoms with E-state index in [-0.39, 0.29) is 17.9 Å². The number of fused-ring (bicyclic) bond motifs is 3. The first kappa shape index (κ1) is 19.5. The van der Waals surface area contributed by atoms with E-state index in [0.717, 1.165) is 48.2 Å². The van der Waals surface area contributed by atoms with Crippen molar-refractivity contribution in [3.05, 3.63) is 24.3 Å². The van der Waals surface area contributed by atoms with Gasteiger partial charge in [-0.15, -0.1) is 0 Å². The van der Waals surface area contributed by atoms with Crippen LogP contribution in [0.3, 0.4) is 0 Å². The van der Waals surface area contributed by atoms with Crippen molar-refractivity contribution in [2.75, 3.05) is 25.1 Å². The third-order valence-corrected chi connectivity index (χ3v) is 5.83. The lowest BCUT2D eigenvalue weighted by atomic mass is 10.2. The summed E-state index contributed by atoms with van der Waals surface area (Å²) in [5, 5.41) is 10.1. The first-order valence-corrected chi connectivity index (χ1v) is 10.7. The normalized spacial score (nSPS) is 17.8. The number of nitrogens with zero attached hydrogens (tertiary/aromatic N) is 6. The Labute approximate surface area is 180 Å². The average Bonchev–Trinajstić information content (AvgIpc) is 3.51. The lowest BCUT2D eigenvalue weighted by Gasteiger charge is -2.25. The second-order valence-corrected chi connectivity index (χ2v) is 8.19. The van der Waals surface area contributed by atoms with Crippen LogP contribution in [0, 0.1) is 0 Å². The number of imidazole rings is 1. The Morgan fingerprint density at radius 3 is 2.97 bits per heavy atom. The van der Waals surface area contributed by atoms with Crippen LogP contribution in [-0.4, -0.2) is 61.9 Å². The zero-order valence-electron chi connectivity index (χ0n) is 17.9. The number of aromatic amines is 1. The van der Waals surface area contributed by atoms with Crippen molar-refractivity contribution in [2.45, 2.75) is 45.2 Å². The lowest BCUT2D eigenvalue weighted by Crippen LogP contribution is -2.42. The fourth-order valence-corrected chi connectivity index (χ4v) is 4.16. The number of anilines is 1. The molecule has 0 radical (unpaired) electrons. The van der Waals surface area contributed by atoms with Crippen LogP contribution in [0.15, 0.2) is 18.5 Å². The standard InChI is InChI=1S/C21H26N8O2/c1-12(2)18-25-19(27-26-18)14-11-28-7-8-31-16-9-17(23-10-13(16)20(28)24-14)29-6-4-5-15(29)21(30)22-3/h9-12,15H,4-8H2,1-3H3,(H,22,30)(H,25,26,27)/t15-/m0/s1. The second kappa shape index (κ2) is 7.68. The highest BCUT2D eigenvalue weighted by Crippen LogP contribution is 2.36. The van der Waals surface area contributed by atoms with Crippen LogP contribution in [0.4, 0.5) is 5.82 Å². The van der Waals surface area contributed by atoms with Crippen LogP contribution >= 0.6 is 0 Å². The van der Waals surface area contributed by atoms with E-state index in [9.17, 15) is 4.79 Å². The number of ether oxygens (including phenoxy) is 1. The minimum Gasteiger partial charge on any atom is -0.491 e. The third kappa shape index (κ3) is 3.41. The summed E-state index contributed by atoms with van der Waals surface area (Å²) in [5.41, 5.74) is 1.54. The van der Waals surface area contributed by atoms with Crippen molar-refractivity contribution in [1.29, 1.82) is 0 Å². The number of carbonyl (C=O) groups is 1. The summed E-state index contributed by atoms with van der Waals surface area (Å²) in [6, 6.07) is 1.72. The predicted octanol–water partition coefficient (Wildman–Crippen LogP) is 1.96. The van der Waals surface area contributed by atoms with Gasteiger partial charge in [-0.25, -0.2) is 15.0 Å². The fourth-order valence-electron chi connectivity index (χ4n) is 4.16. The SMILES string of the molecule is CNC(=O)[C@@H]1CCCN1c1cc2c(cn1)-c1nc(-c3n[nH]c(C(C)C)n3)cn1CCO2. The minimum atomic E-state index is -0.198. The molecule has 10 heteroatoms. The summed E-state index contributed by atoms with van der Waals surface area (Å²) in [6.45, 7) is 6.12. The Morgan fingerprint density at radius 2 is 2.19 bits per heavy atom. The highest BCUT2D eigenvalue weighted by atomic mass is 16.5. The van der Waals surface area contributed by atoms with Crippen LogP contribution in [0.5, 0.6) is 5.75 Å². The molecule has 0 unspecified atom stereocenters. The molecular formula is C21H26N8O2. The molecule has 2 N–H and O–H groups in total. The molecule has 2 aliphatic rings. The number of pyridine rings is 1. The second-order valence-electron chi connectivity index (χ2n) is 8.19. The number of hydrogen-bond acceptors (Lipinski definition) is 7. The summed E-state index contributed by atoms with van der Waals surface area (Å²) < 4.78 is 8.08. The van der Waals surface area contributed by atoms with Crippen LogP contribution in [0.1, 0.15) is 38.4 Å². The molecule has 1 atom stereocenters. The molecule has 0 bridgehead atoms. The largest absolute Gasteiger partial charge is 0.491 e. The van der Waals surface area contributed by atoms with Gasteiger partial charge in [-0.2, -0.15) is 5.10 Å². The molecule has 5 heterocycles. The molecule has 31 heavy (non-hydrogen) atoms. The smallest absolute Gasteiger partial charge is 0.242 e. The Balaban J connectivity index is 1.49. The van der Waals surface area contributed by atoms with E-state index in [2.05, 4.69) is 43.9 Å². The van der Waals surface area contributed by atoms with Gasteiger partial charge < -0.3 is 19.5 Å². The molecule has 3 aromatic rings. The number of likely N-dealkylation sites (N-methyl/N-ethyl adjacent to an activating group) is 1. The van der Waals surface area contributed by atoms with Gasteiger partial charge in [0.2, 0.25) is 11.7 Å². The molecule has 1 fully saturated rings. The van der Waals surface area contributed by atoms with Crippen LogP contribution in [-0.2, 0) is 11.3 Å². The predicted molar refractivity (Wildman–Crippen MR) is 115 cm³/mol. The summed E-state index contributed by atoms with van der Waals surface area (Å²) in [7, 11) is 1.67. The molecule has 5 rings (SSSR count). The van der Waals surface area contributed by atoms with Gasteiger partial charge in [-0.05, 0) is 12.8 Å². The number of hydrogen-bond donors (Lipinski definition) is 2. The number of aromatic nitrogens is 6. The molecule has 0 aromatic carbocycles. The number of rotatable bonds is 4. The molecule has 0 saturated carbocycles. The third-order valence-electron chi connectivity index (χ3n) is 5.83. The molecule has 162 valence electrons. The van der Waals surface area contributed by atoms with E-state index in [1.54, 1.807) is 13.2 Å². The molecule has 0 aliphatic carbocycles. The highest BCUT2D eigenvalue weighted by Gasteiger charge is 2.32. The minimum absolute atomic E-state index is 0.0163. The maximum absolute atomic E-state index is 12.2. The van der Waals surface area contributed by atoms with E-state index in [1.165, 1.54) is 0 Å². The van der Waals surface area contributed by atoms with Gasteiger partial charge in [0, 0.05) is 38.0 Å². The summed E-state index contributed by atoms with van der Waals surface area (Å²) in [4.78, 5) is 28.3. The van der Waals surface area contributed by atoms with Crippen molar-refractivity contribution >= 4 is 11.7 Å². The van der Waals surface area contributed by atoms with E-state index in [0.29, 0.717) is 24.7 Å². The molecular weight excluding hydrogens is 396 g/mol. The zero-order valence-corrected chi connectivity index (χ0v) is 17.9. The maximum Gasteiger partial charge on any atom is 0.242 e. The van der Waals surface area contributed by atoms with Crippen molar-refractivity contribution in [2.24, 2.45) is 0 Å². The van der Waals surface area contributed by atoms with Crippen molar-refractivity contribution in [3.8, 4) is 28.7 Å². The number of nitrogens with one attached hydrogen (secondary N) is 2. The first-order chi connectivity index (χ1) is 15.0. The Kier molecular flexibility index (Phi) is 4.84. The summed E-state index contributed by atoms with van der Waals surface area (Å²) >= 11 is 0. The van der Waals surface area contributed by atoms with Crippen molar-refractivity contribution in [3.63, 3.8) is 0 Å². The zero-order chi connectivity index (χ0) is 21.5. The van der Waals surface area contributed by atoms with Gasteiger partial charge in [-0.1, -0.05) is 13.8 Å². The molecule has 2 aliphatic heterocycles. The summed E-state index contributed by atoms with van der Waals surface area (Å²) in [5.74, 6) is 3.96. The van der Waals surface area contributed by atoms with E-state index < -0.39 is 0 Å². The fraction of sp³-hybridized carbons (Fsp3) is 0.476. The van der Waals surface area contributed by atoms with Gasteiger partial charge in [0.05, 0.1) is 12.1 Å². The molecule has 1 saturated heterocycles. The van der Waals surface area contributed by atoms with Crippen LogP contribution < -0.4 is 15.0 Å². The monoisotopic (exact) mass is 422 g/mol. The van der Waals surface area contributed by atoms with Gasteiger partial charge in [-0.3, -0.25) is 9.89 Å². The average molecular weight is 422 g/mol. The number of amides is 1. The maximum atomic E-state index is 12.2. The quantitative estimate of drug-likeness (QED) is 0.661. The number of carbonyl (C=O) groups excluding carboxylic acids is 1. The highest BCUT2D eigenvalue weighted by molar-refractivity contribution is 5.85. The van der Waals surface area contributed by atoms with E-state index >= 15 is 0 Å². The van der Waals surface area contributed by atoms with Crippen LogP contribution in [0.2, 0.25) is 0 Å². The Hall–Kier alpha value is -3.43. The van der Waals surface area contributed by atoms with Crippen LogP contribution in [0.25, 0.3) is 22.9 Å². The molecule has 3 aromatic heterocycles. The van der Waals surface area contributed by atoms with Gasteiger partial charge in [0.25, 0.3) is 0 Å². The Morgan fingerprint density at radius 1 is 1.32 bits per heavy atom. The lowest BCUT2D eigenvalue weighted by molar-refractivity contribution is -0.121. The van der Waals surface area contributed by atoms with E-state index in [4.69, 9.17) is 9.72 Å². The molecule has 1 amide bonds. The topological polar surface area (TPSA) is 114 Å². The van der Waals surface area contributed by atoms with Gasteiger partial charge in [0.15, 0.2) is 0 Å². The number of H-pyrrole nitrogens is 1.